The molecular formula is C14H14N2O3. The van der Waals surface area contributed by atoms with Gasteiger partial charge in [-0.2, -0.15) is 0 Å². The zero-order valence-electron chi connectivity index (χ0n) is 10.5. The molecule has 0 saturated carbocycles. The van der Waals surface area contributed by atoms with Gasteiger partial charge in [0.15, 0.2) is 0 Å². The molecule has 0 saturated heterocycles. The van der Waals surface area contributed by atoms with Gasteiger partial charge in [0.2, 0.25) is 0 Å². The van der Waals surface area contributed by atoms with Crippen molar-refractivity contribution < 1.29 is 9.66 Å². The van der Waals surface area contributed by atoms with E-state index in [2.05, 4.69) is 5.32 Å². The van der Waals surface area contributed by atoms with Gasteiger partial charge in [-0.1, -0.05) is 0 Å². The molecule has 5 heteroatoms. The van der Waals surface area contributed by atoms with E-state index in [4.69, 9.17) is 4.74 Å². The Morgan fingerprint density at radius 2 is 1.58 bits per heavy atom. The molecule has 0 atom stereocenters. The lowest BCUT2D eigenvalue weighted by atomic mass is 10.3. The van der Waals surface area contributed by atoms with Crippen LogP contribution in [0.15, 0.2) is 48.5 Å². The first kappa shape index (κ1) is 12.9. The smallest absolute Gasteiger partial charge is 0.269 e. The highest BCUT2D eigenvalue weighted by Gasteiger charge is 2.04. The first-order valence-electron chi connectivity index (χ1n) is 5.95. The van der Waals surface area contributed by atoms with Crippen LogP contribution in [0.5, 0.6) is 11.5 Å². The van der Waals surface area contributed by atoms with Gasteiger partial charge in [0, 0.05) is 24.4 Å². The van der Waals surface area contributed by atoms with Gasteiger partial charge >= 0.3 is 0 Å². The number of anilines is 1. The van der Waals surface area contributed by atoms with Crippen molar-refractivity contribution in [3.05, 3.63) is 58.6 Å². The topological polar surface area (TPSA) is 64.4 Å². The van der Waals surface area contributed by atoms with Crippen molar-refractivity contribution in [1.82, 2.24) is 0 Å². The molecule has 0 heterocycles. The Balaban J connectivity index is 2.06. The molecule has 0 aliphatic rings. The van der Waals surface area contributed by atoms with Crippen LogP contribution >= 0.6 is 0 Å². The van der Waals surface area contributed by atoms with Crippen LogP contribution < -0.4 is 10.1 Å². The Morgan fingerprint density at radius 3 is 2.05 bits per heavy atom. The Morgan fingerprint density at radius 1 is 1.05 bits per heavy atom. The molecule has 0 amide bonds. The van der Waals surface area contributed by atoms with Crippen LogP contribution in [-0.2, 0) is 0 Å². The lowest BCUT2D eigenvalue weighted by Gasteiger charge is -2.07. The SMILES string of the molecule is CCNc1ccc(Oc2ccc([N+](=O)[O-])cc2)cc1. The van der Waals surface area contributed by atoms with Crippen molar-refractivity contribution in [1.29, 1.82) is 0 Å². The van der Waals surface area contributed by atoms with Crippen molar-refractivity contribution >= 4 is 11.4 Å². The van der Waals surface area contributed by atoms with Crippen molar-refractivity contribution in [2.45, 2.75) is 6.92 Å². The van der Waals surface area contributed by atoms with Crippen molar-refractivity contribution in [2.75, 3.05) is 11.9 Å². The number of hydrogen-bond donors (Lipinski definition) is 1. The zero-order valence-corrected chi connectivity index (χ0v) is 10.5. The monoisotopic (exact) mass is 258 g/mol. The summed E-state index contributed by atoms with van der Waals surface area (Å²) in [7, 11) is 0. The second-order valence-corrected chi connectivity index (χ2v) is 3.91. The number of ether oxygens (including phenoxy) is 1. The van der Waals surface area contributed by atoms with Gasteiger partial charge in [0.1, 0.15) is 11.5 Å². The Bertz CT molecular complexity index is 550. The highest BCUT2D eigenvalue weighted by Crippen LogP contribution is 2.24. The van der Waals surface area contributed by atoms with Crippen molar-refractivity contribution in [2.24, 2.45) is 0 Å². The van der Waals surface area contributed by atoms with Crippen LogP contribution in [0, 0.1) is 10.1 Å². The number of nitro benzene ring substituents is 1. The molecule has 0 aliphatic carbocycles. The summed E-state index contributed by atoms with van der Waals surface area (Å²) < 4.78 is 5.60. The van der Waals surface area contributed by atoms with Gasteiger partial charge < -0.3 is 10.1 Å². The molecular weight excluding hydrogens is 244 g/mol. The summed E-state index contributed by atoms with van der Waals surface area (Å²) in [4.78, 5) is 10.1. The molecule has 2 rings (SSSR count). The van der Waals surface area contributed by atoms with Gasteiger partial charge in [0.25, 0.3) is 5.69 Å². The van der Waals surface area contributed by atoms with Crippen LogP contribution in [0.4, 0.5) is 11.4 Å². The van der Waals surface area contributed by atoms with E-state index in [-0.39, 0.29) is 5.69 Å². The second kappa shape index (κ2) is 5.86. The molecule has 1 N–H and O–H groups in total. The van der Waals surface area contributed by atoms with Gasteiger partial charge in [0.05, 0.1) is 4.92 Å². The quantitative estimate of drug-likeness (QED) is 0.654. The number of nitrogens with zero attached hydrogens (tertiary/aromatic N) is 1. The van der Waals surface area contributed by atoms with Crippen LogP contribution in [0.3, 0.4) is 0 Å². The lowest BCUT2D eigenvalue weighted by molar-refractivity contribution is -0.384. The van der Waals surface area contributed by atoms with E-state index in [1.165, 1.54) is 12.1 Å². The Kier molecular flexibility index (Phi) is 3.97. The predicted octanol–water partition coefficient (Wildman–Crippen LogP) is 3.82. The van der Waals surface area contributed by atoms with Gasteiger partial charge in [-0.15, -0.1) is 0 Å². The van der Waals surface area contributed by atoms with E-state index in [9.17, 15) is 10.1 Å². The largest absolute Gasteiger partial charge is 0.457 e. The highest BCUT2D eigenvalue weighted by molar-refractivity contribution is 5.47. The number of hydrogen-bond acceptors (Lipinski definition) is 4. The molecule has 0 unspecified atom stereocenters. The Hall–Kier alpha value is -2.56. The summed E-state index contributed by atoms with van der Waals surface area (Å²) in [6.45, 7) is 2.89. The summed E-state index contributed by atoms with van der Waals surface area (Å²) in [5, 5.41) is 13.7. The normalized spacial score (nSPS) is 9.95. The predicted molar refractivity (Wildman–Crippen MR) is 73.8 cm³/mol. The van der Waals surface area contributed by atoms with Crippen molar-refractivity contribution in [3.8, 4) is 11.5 Å². The van der Waals surface area contributed by atoms with E-state index in [0.29, 0.717) is 11.5 Å². The molecule has 2 aromatic carbocycles. The van der Waals surface area contributed by atoms with E-state index in [1.54, 1.807) is 12.1 Å². The molecule has 0 bridgehead atoms. The van der Waals surface area contributed by atoms with Gasteiger partial charge in [-0.25, -0.2) is 0 Å². The molecule has 0 aromatic heterocycles. The molecule has 0 radical (unpaired) electrons. The number of nitrogens with one attached hydrogen (secondary N) is 1. The van der Waals surface area contributed by atoms with Crippen LogP contribution in [-0.4, -0.2) is 11.5 Å². The van der Waals surface area contributed by atoms with Crippen LogP contribution in [0.2, 0.25) is 0 Å². The first-order valence-corrected chi connectivity index (χ1v) is 5.95. The maximum absolute atomic E-state index is 10.5. The van der Waals surface area contributed by atoms with Gasteiger partial charge in [-0.05, 0) is 43.3 Å². The Labute approximate surface area is 111 Å². The molecule has 0 fully saturated rings. The van der Waals surface area contributed by atoms with E-state index >= 15 is 0 Å². The first-order chi connectivity index (χ1) is 9.19. The minimum absolute atomic E-state index is 0.0508. The molecule has 0 spiro atoms. The van der Waals surface area contributed by atoms with E-state index in [0.717, 1.165) is 12.2 Å². The fourth-order valence-corrected chi connectivity index (χ4v) is 1.62. The number of rotatable bonds is 5. The molecule has 2 aromatic rings. The number of non-ortho nitro benzene ring substituents is 1. The maximum Gasteiger partial charge on any atom is 0.269 e. The minimum atomic E-state index is -0.436. The second-order valence-electron chi connectivity index (χ2n) is 3.91. The number of benzene rings is 2. The summed E-state index contributed by atoms with van der Waals surface area (Å²) in [6.07, 6.45) is 0. The average Bonchev–Trinajstić information content (AvgIpc) is 2.42. The molecule has 19 heavy (non-hydrogen) atoms. The lowest BCUT2D eigenvalue weighted by Crippen LogP contribution is -1.95. The number of nitro groups is 1. The highest BCUT2D eigenvalue weighted by atomic mass is 16.6. The van der Waals surface area contributed by atoms with E-state index in [1.807, 2.05) is 31.2 Å². The zero-order chi connectivity index (χ0) is 13.7. The third-order valence-corrected chi connectivity index (χ3v) is 2.52. The molecule has 5 nitrogen and oxygen atoms in total. The summed E-state index contributed by atoms with van der Waals surface area (Å²) in [6, 6.07) is 13.5. The standard InChI is InChI=1S/C14H14N2O3/c1-2-15-11-3-7-13(8-4-11)19-14-9-5-12(6-10-14)16(17)18/h3-10,15H,2H2,1H3. The molecule has 0 aliphatic heterocycles. The fourth-order valence-electron chi connectivity index (χ4n) is 1.62. The maximum atomic E-state index is 10.5. The minimum Gasteiger partial charge on any atom is -0.457 e. The summed E-state index contributed by atoms with van der Waals surface area (Å²) >= 11 is 0. The molecule has 98 valence electrons. The van der Waals surface area contributed by atoms with Crippen LogP contribution in [0.25, 0.3) is 0 Å². The van der Waals surface area contributed by atoms with Crippen molar-refractivity contribution in [3.63, 3.8) is 0 Å². The van der Waals surface area contributed by atoms with Crippen LogP contribution in [0.1, 0.15) is 6.92 Å². The van der Waals surface area contributed by atoms with E-state index < -0.39 is 4.92 Å². The average molecular weight is 258 g/mol. The van der Waals surface area contributed by atoms with Gasteiger partial charge in [-0.3, -0.25) is 10.1 Å². The fraction of sp³-hybridized carbons (Fsp3) is 0.143. The third kappa shape index (κ3) is 3.45. The third-order valence-electron chi connectivity index (χ3n) is 2.52. The summed E-state index contributed by atoms with van der Waals surface area (Å²) in [5.74, 6) is 1.26. The summed E-state index contributed by atoms with van der Waals surface area (Å²) in [5.41, 5.74) is 1.08.